The maximum absolute atomic E-state index is 12.9. The number of aliphatic hydroxyl groups excluding tert-OH is 1. The van der Waals surface area contributed by atoms with Gasteiger partial charge >= 0.3 is 7.82 Å². The van der Waals surface area contributed by atoms with Gasteiger partial charge in [-0.1, -0.05) is 224 Å². The Hall–Kier alpha value is -1.02. The Kier molecular flexibility index (Phi) is 41.6. The van der Waals surface area contributed by atoms with Gasteiger partial charge in [0.2, 0.25) is 5.91 Å². The van der Waals surface area contributed by atoms with E-state index in [0.29, 0.717) is 17.4 Å². The van der Waals surface area contributed by atoms with Crippen LogP contribution in [0.4, 0.5) is 0 Å². The number of aliphatic hydroxyl groups is 1. The molecule has 0 radical (unpaired) electrons. The Morgan fingerprint density at radius 1 is 0.559 bits per heavy atom. The summed E-state index contributed by atoms with van der Waals surface area (Å²) >= 11 is 0. The molecule has 59 heavy (non-hydrogen) atoms. The molecule has 9 heteroatoms. The number of quaternary nitrogens is 1. The van der Waals surface area contributed by atoms with Crippen LogP contribution in [0.5, 0.6) is 0 Å². The van der Waals surface area contributed by atoms with Gasteiger partial charge in [-0.3, -0.25) is 13.8 Å². The van der Waals surface area contributed by atoms with Crippen molar-refractivity contribution in [1.29, 1.82) is 0 Å². The summed E-state index contributed by atoms with van der Waals surface area (Å²) in [6, 6.07) is -0.858. The minimum atomic E-state index is -4.34. The number of amides is 1. The lowest BCUT2D eigenvalue weighted by molar-refractivity contribution is -0.870. The number of rotatable bonds is 46. The Bertz CT molecular complexity index is 1020. The van der Waals surface area contributed by atoms with E-state index >= 15 is 0 Å². The Morgan fingerprint density at radius 2 is 0.932 bits per heavy atom. The Balaban J connectivity index is 4.28. The lowest BCUT2D eigenvalue weighted by Crippen LogP contribution is -2.45. The Labute approximate surface area is 366 Å². The van der Waals surface area contributed by atoms with Crippen LogP contribution in [0.3, 0.4) is 0 Å². The van der Waals surface area contributed by atoms with Crippen molar-refractivity contribution in [3.63, 3.8) is 0 Å². The van der Waals surface area contributed by atoms with Crippen LogP contribution in [-0.4, -0.2) is 73.4 Å². The van der Waals surface area contributed by atoms with E-state index in [1.165, 1.54) is 180 Å². The molecule has 0 aliphatic carbocycles. The third kappa shape index (κ3) is 44.8. The van der Waals surface area contributed by atoms with E-state index in [0.717, 1.165) is 38.5 Å². The van der Waals surface area contributed by atoms with Crippen molar-refractivity contribution in [3.05, 3.63) is 24.3 Å². The van der Waals surface area contributed by atoms with E-state index in [9.17, 15) is 19.4 Å². The first-order valence-electron chi connectivity index (χ1n) is 25.2. The van der Waals surface area contributed by atoms with Crippen LogP contribution in [0.25, 0.3) is 0 Å². The van der Waals surface area contributed by atoms with Crippen molar-refractivity contribution in [1.82, 2.24) is 5.32 Å². The molecule has 0 aromatic rings. The van der Waals surface area contributed by atoms with Gasteiger partial charge in [0.15, 0.2) is 0 Å². The number of hydrogen-bond donors (Lipinski definition) is 3. The van der Waals surface area contributed by atoms with Crippen molar-refractivity contribution < 1.29 is 32.9 Å². The monoisotopic (exact) mass is 856 g/mol. The van der Waals surface area contributed by atoms with Crippen molar-refractivity contribution in [2.24, 2.45) is 0 Å². The molecule has 0 spiro atoms. The van der Waals surface area contributed by atoms with E-state index in [-0.39, 0.29) is 19.1 Å². The number of phosphoric acid groups is 1. The summed E-state index contributed by atoms with van der Waals surface area (Å²) in [5, 5.41) is 13.8. The zero-order valence-electron chi connectivity index (χ0n) is 39.8. The first-order chi connectivity index (χ1) is 28.5. The molecule has 1 amide bonds. The van der Waals surface area contributed by atoms with Gasteiger partial charge in [0.25, 0.3) is 0 Å². The van der Waals surface area contributed by atoms with Gasteiger partial charge in [0.1, 0.15) is 13.2 Å². The van der Waals surface area contributed by atoms with E-state index < -0.39 is 20.0 Å². The molecule has 0 bridgehead atoms. The van der Waals surface area contributed by atoms with Crippen molar-refractivity contribution >= 4 is 13.7 Å². The van der Waals surface area contributed by atoms with Gasteiger partial charge in [-0.15, -0.1) is 0 Å². The molecule has 0 aromatic carbocycles. The molecular weight excluding hydrogens is 756 g/mol. The molecule has 0 saturated heterocycles. The molecule has 0 aliphatic heterocycles. The molecule has 8 nitrogen and oxygen atoms in total. The number of hydrogen-bond acceptors (Lipinski definition) is 5. The topological polar surface area (TPSA) is 105 Å². The van der Waals surface area contributed by atoms with E-state index in [1.54, 1.807) is 6.08 Å². The fourth-order valence-corrected chi connectivity index (χ4v) is 8.15. The molecule has 3 atom stereocenters. The van der Waals surface area contributed by atoms with Gasteiger partial charge in [-0.05, 0) is 32.1 Å². The molecule has 0 heterocycles. The summed E-state index contributed by atoms with van der Waals surface area (Å²) in [5.41, 5.74) is 0. The first kappa shape index (κ1) is 58.0. The van der Waals surface area contributed by atoms with Crippen LogP contribution < -0.4 is 5.32 Å². The van der Waals surface area contributed by atoms with Crippen LogP contribution in [0, 0.1) is 0 Å². The third-order valence-corrected chi connectivity index (χ3v) is 12.4. The zero-order chi connectivity index (χ0) is 43.6. The van der Waals surface area contributed by atoms with Crippen molar-refractivity contribution in [3.8, 4) is 0 Å². The third-order valence-electron chi connectivity index (χ3n) is 11.4. The van der Waals surface area contributed by atoms with Crippen LogP contribution >= 0.6 is 7.82 Å². The normalized spacial score (nSPS) is 14.4. The zero-order valence-corrected chi connectivity index (χ0v) is 40.7. The first-order valence-corrected chi connectivity index (χ1v) is 26.7. The van der Waals surface area contributed by atoms with E-state index in [2.05, 4.69) is 31.3 Å². The predicted molar refractivity (Wildman–Crippen MR) is 254 cm³/mol. The second-order valence-electron chi connectivity index (χ2n) is 18.5. The number of carbonyl (C=O) groups excluding carboxylic acids is 1. The summed E-state index contributed by atoms with van der Waals surface area (Å²) in [6.07, 6.45) is 51.2. The largest absolute Gasteiger partial charge is 0.472 e. The van der Waals surface area contributed by atoms with Gasteiger partial charge < -0.3 is 19.8 Å². The highest BCUT2D eigenvalue weighted by Crippen LogP contribution is 2.43. The minimum Gasteiger partial charge on any atom is -0.387 e. The summed E-state index contributed by atoms with van der Waals surface area (Å²) in [6.45, 7) is 4.81. The number of phosphoric ester groups is 1. The van der Waals surface area contributed by atoms with Crippen LogP contribution in [0.15, 0.2) is 24.3 Å². The second-order valence-corrected chi connectivity index (χ2v) is 20.0. The molecule has 0 aromatic heterocycles. The quantitative estimate of drug-likeness (QED) is 0.0244. The molecule has 3 N–H and O–H groups in total. The average molecular weight is 856 g/mol. The highest BCUT2D eigenvalue weighted by Gasteiger charge is 2.27. The number of unbranched alkanes of at least 4 members (excludes halogenated alkanes) is 31. The number of nitrogens with one attached hydrogen (secondary N) is 1. The fraction of sp³-hybridized carbons (Fsp3) is 0.900. The summed E-state index contributed by atoms with van der Waals surface area (Å²) in [5.74, 6) is -0.183. The summed E-state index contributed by atoms with van der Waals surface area (Å²) < 4.78 is 23.6. The highest BCUT2D eigenvalue weighted by molar-refractivity contribution is 7.47. The van der Waals surface area contributed by atoms with Gasteiger partial charge in [0, 0.05) is 6.42 Å². The minimum absolute atomic E-state index is 0.0584. The molecule has 0 fully saturated rings. The molecule has 350 valence electrons. The van der Waals surface area contributed by atoms with Gasteiger partial charge in [-0.25, -0.2) is 4.57 Å². The lowest BCUT2D eigenvalue weighted by Gasteiger charge is -2.25. The van der Waals surface area contributed by atoms with Crippen molar-refractivity contribution in [2.45, 2.75) is 251 Å². The SMILES string of the molecule is CCCCCCCCCCC/C=C/CC/C=C/[C@@H](O)[C@H](COP(=O)(O)OCC[N+](C)(C)C)NC(=O)CCCCCCCCCCCCCCCCCCCCCCCC. The smallest absolute Gasteiger partial charge is 0.387 e. The van der Waals surface area contributed by atoms with Crippen LogP contribution in [-0.2, 0) is 18.4 Å². The molecule has 0 aliphatic rings. The van der Waals surface area contributed by atoms with Gasteiger partial charge in [-0.2, -0.15) is 0 Å². The molecule has 1 unspecified atom stereocenters. The standard InChI is InChI=1S/C50H99N2O6P/c1-6-8-10-12-14-16-18-20-22-23-24-25-26-27-28-30-32-34-36-38-40-42-44-50(54)51-48(47-58-59(55,56)57-46-45-52(3,4)5)49(53)43-41-39-37-35-33-31-29-21-19-17-15-13-11-9-7-2/h33,35,41,43,48-49,53H,6-32,34,36-40,42,44-47H2,1-5H3,(H-,51,54,55,56)/p+1/b35-33+,43-41+/t48-,49+/m0/s1. The molecule has 0 rings (SSSR count). The summed E-state index contributed by atoms with van der Waals surface area (Å²) in [7, 11) is 1.56. The highest BCUT2D eigenvalue weighted by atomic mass is 31.2. The van der Waals surface area contributed by atoms with E-state index in [4.69, 9.17) is 9.05 Å². The predicted octanol–water partition coefficient (Wildman–Crippen LogP) is 14.5. The van der Waals surface area contributed by atoms with E-state index in [1.807, 2.05) is 27.2 Å². The van der Waals surface area contributed by atoms with Crippen LogP contribution in [0.2, 0.25) is 0 Å². The summed E-state index contributed by atoms with van der Waals surface area (Å²) in [4.78, 5) is 23.2. The number of allylic oxidation sites excluding steroid dienone is 3. The Morgan fingerprint density at radius 3 is 1.36 bits per heavy atom. The lowest BCUT2D eigenvalue weighted by atomic mass is 10.0. The number of likely N-dealkylation sites (N-methyl/N-ethyl adjacent to an activating group) is 1. The number of nitrogens with zero attached hydrogens (tertiary/aromatic N) is 1. The van der Waals surface area contributed by atoms with Crippen molar-refractivity contribution in [2.75, 3.05) is 40.9 Å². The fourth-order valence-electron chi connectivity index (χ4n) is 7.41. The maximum atomic E-state index is 12.9. The average Bonchev–Trinajstić information content (AvgIpc) is 3.19. The van der Waals surface area contributed by atoms with Gasteiger partial charge in [0.05, 0.1) is 39.9 Å². The molecular formula is C50H100N2O6P+. The van der Waals surface area contributed by atoms with Crippen LogP contribution in [0.1, 0.15) is 239 Å². The maximum Gasteiger partial charge on any atom is 0.472 e. The molecule has 0 saturated carbocycles. The number of carbonyl (C=O) groups is 1. The second kappa shape index (κ2) is 42.3.